The predicted octanol–water partition coefficient (Wildman–Crippen LogP) is 3.26. The first-order valence-corrected chi connectivity index (χ1v) is 8.11. The Bertz CT molecular complexity index is 899. The molecule has 0 radical (unpaired) electrons. The second-order valence-corrected chi connectivity index (χ2v) is 6.24. The molecule has 0 saturated carbocycles. The summed E-state index contributed by atoms with van der Waals surface area (Å²) in [6, 6.07) is 2.81. The molecule has 0 aliphatic carbocycles. The molecule has 3 heterocycles. The summed E-state index contributed by atoms with van der Waals surface area (Å²) in [6.07, 6.45) is -1.04. The first-order chi connectivity index (χ1) is 12.7. The highest BCUT2D eigenvalue weighted by atomic mass is 19.4. The fourth-order valence-electron chi connectivity index (χ4n) is 2.98. The molecular weight excluding hydrogens is 363 g/mol. The van der Waals surface area contributed by atoms with Crippen molar-refractivity contribution in [3.63, 3.8) is 0 Å². The van der Waals surface area contributed by atoms with E-state index in [9.17, 15) is 22.8 Å². The van der Waals surface area contributed by atoms with E-state index in [-0.39, 0.29) is 24.0 Å². The van der Waals surface area contributed by atoms with Gasteiger partial charge in [0.05, 0.1) is 6.04 Å². The fourth-order valence-corrected chi connectivity index (χ4v) is 2.98. The smallest absolute Gasteiger partial charge is 0.422 e. The minimum atomic E-state index is -4.45. The molecule has 2 aromatic heterocycles. The lowest BCUT2D eigenvalue weighted by atomic mass is 10.1. The molecule has 0 fully saturated rings. The highest BCUT2D eigenvalue weighted by Gasteiger charge is 2.34. The summed E-state index contributed by atoms with van der Waals surface area (Å²) in [5, 5.41) is 0. The van der Waals surface area contributed by atoms with E-state index < -0.39 is 18.8 Å². The van der Waals surface area contributed by atoms with Crippen molar-refractivity contribution in [3.8, 4) is 5.88 Å². The van der Waals surface area contributed by atoms with Crippen LogP contribution < -0.4 is 4.74 Å². The Kier molecular flexibility index (Phi) is 4.86. The molecule has 0 aromatic carbocycles. The minimum Gasteiger partial charge on any atom is -0.468 e. The Hall–Kier alpha value is -2.97. The third kappa shape index (κ3) is 3.76. The maximum Gasteiger partial charge on any atom is 0.422 e. The number of aldehydes is 1. The quantitative estimate of drug-likeness (QED) is 0.746. The molecule has 1 aliphatic rings. The molecule has 0 bridgehead atoms. The van der Waals surface area contributed by atoms with Crippen molar-refractivity contribution >= 4 is 12.2 Å². The molecule has 6 nitrogen and oxygen atoms in total. The van der Waals surface area contributed by atoms with Crippen LogP contribution in [0.15, 0.2) is 24.5 Å². The van der Waals surface area contributed by atoms with Crippen molar-refractivity contribution in [2.45, 2.75) is 32.6 Å². The third-order valence-corrected chi connectivity index (χ3v) is 4.39. The zero-order valence-corrected chi connectivity index (χ0v) is 14.6. The Labute approximate surface area is 153 Å². The molecule has 3 rings (SSSR count). The van der Waals surface area contributed by atoms with Crippen LogP contribution in [-0.4, -0.2) is 39.8 Å². The van der Waals surface area contributed by atoms with Crippen LogP contribution in [0.3, 0.4) is 0 Å². The Morgan fingerprint density at radius 3 is 2.74 bits per heavy atom. The standard InChI is InChI=1S/C18H16F3N3O3/c1-10-5-12(6-23-16(10)27-9-18(19,20)21)11(2)24-7-14-13(17(24)26)3-4-22-15(14)8-25/h3-6,8,11H,7,9H2,1-2H3. The molecule has 1 unspecified atom stereocenters. The van der Waals surface area contributed by atoms with Gasteiger partial charge in [0, 0.05) is 35.6 Å². The van der Waals surface area contributed by atoms with Gasteiger partial charge in [0.15, 0.2) is 12.9 Å². The molecule has 142 valence electrons. The van der Waals surface area contributed by atoms with Gasteiger partial charge >= 0.3 is 6.18 Å². The first-order valence-electron chi connectivity index (χ1n) is 8.11. The molecule has 27 heavy (non-hydrogen) atoms. The number of aromatic nitrogens is 2. The monoisotopic (exact) mass is 379 g/mol. The van der Waals surface area contributed by atoms with Gasteiger partial charge in [0.2, 0.25) is 5.88 Å². The molecule has 1 aliphatic heterocycles. The fraction of sp³-hybridized carbons (Fsp3) is 0.333. The van der Waals surface area contributed by atoms with Crippen LogP contribution >= 0.6 is 0 Å². The lowest BCUT2D eigenvalue weighted by Crippen LogP contribution is -2.27. The van der Waals surface area contributed by atoms with E-state index in [1.165, 1.54) is 12.4 Å². The van der Waals surface area contributed by atoms with E-state index in [0.717, 1.165) is 0 Å². The topological polar surface area (TPSA) is 72.4 Å². The maximum absolute atomic E-state index is 12.7. The normalized spacial score (nSPS) is 14.9. The number of ether oxygens (including phenoxy) is 1. The van der Waals surface area contributed by atoms with Crippen molar-refractivity contribution in [3.05, 3.63) is 52.5 Å². The van der Waals surface area contributed by atoms with Gasteiger partial charge in [0.25, 0.3) is 5.91 Å². The van der Waals surface area contributed by atoms with Crippen molar-refractivity contribution in [2.24, 2.45) is 0 Å². The number of pyridine rings is 2. The van der Waals surface area contributed by atoms with Crippen molar-refractivity contribution in [1.29, 1.82) is 0 Å². The lowest BCUT2D eigenvalue weighted by molar-refractivity contribution is -0.154. The van der Waals surface area contributed by atoms with Gasteiger partial charge in [-0.1, -0.05) is 0 Å². The maximum atomic E-state index is 12.7. The zero-order chi connectivity index (χ0) is 19.8. The highest BCUT2D eigenvalue weighted by molar-refractivity contribution is 6.00. The van der Waals surface area contributed by atoms with Gasteiger partial charge in [-0.25, -0.2) is 4.98 Å². The molecule has 2 aromatic rings. The zero-order valence-electron chi connectivity index (χ0n) is 14.6. The Balaban J connectivity index is 1.81. The van der Waals surface area contributed by atoms with E-state index in [1.54, 1.807) is 30.9 Å². The minimum absolute atomic E-state index is 0.105. The number of amides is 1. The molecule has 0 N–H and O–H groups in total. The number of carbonyl (C=O) groups excluding carboxylic acids is 2. The van der Waals surface area contributed by atoms with Gasteiger partial charge in [0.1, 0.15) is 5.69 Å². The van der Waals surface area contributed by atoms with E-state index in [0.29, 0.717) is 28.5 Å². The van der Waals surface area contributed by atoms with E-state index in [2.05, 4.69) is 9.97 Å². The van der Waals surface area contributed by atoms with Crippen LogP contribution in [0.1, 0.15) is 50.5 Å². The SMILES string of the molecule is Cc1cc(C(C)N2Cc3c(ccnc3C=O)C2=O)cnc1OCC(F)(F)F. The highest BCUT2D eigenvalue weighted by Crippen LogP contribution is 2.33. The number of aryl methyl sites for hydroxylation is 1. The number of hydrogen-bond acceptors (Lipinski definition) is 5. The van der Waals surface area contributed by atoms with Crippen LogP contribution in [0.2, 0.25) is 0 Å². The van der Waals surface area contributed by atoms with Crippen molar-refractivity contribution < 1.29 is 27.5 Å². The molecular formula is C18H16F3N3O3. The van der Waals surface area contributed by atoms with Gasteiger partial charge in [-0.15, -0.1) is 0 Å². The largest absolute Gasteiger partial charge is 0.468 e. The van der Waals surface area contributed by atoms with E-state index >= 15 is 0 Å². The van der Waals surface area contributed by atoms with E-state index in [4.69, 9.17) is 4.74 Å². The summed E-state index contributed by atoms with van der Waals surface area (Å²) in [4.78, 5) is 33.3. The lowest BCUT2D eigenvalue weighted by Gasteiger charge is -2.25. The summed E-state index contributed by atoms with van der Waals surface area (Å²) in [6.45, 7) is 2.17. The predicted molar refractivity (Wildman–Crippen MR) is 88.4 cm³/mol. The van der Waals surface area contributed by atoms with Crippen molar-refractivity contribution in [2.75, 3.05) is 6.61 Å². The molecule has 9 heteroatoms. The number of rotatable bonds is 5. The Morgan fingerprint density at radius 2 is 2.11 bits per heavy atom. The number of halogens is 3. The average Bonchev–Trinajstić information content (AvgIpc) is 2.96. The number of carbonyl (C=O) groups is 2. The average molecular weight is 379 g/mol. The second-order valence-electron chi connectivity index (χ2n) is 6.24. The second kappa shape index (κ2) is 6.98. The van der Waals surface area contributed by atoms with Crippen LogP contribution in [0, 0.1) is 6.92 Å². The van der Waals surface area contributed by atoms with Crippen LogP contribution in [0.4, 0.5) is 13.2 Å². The summed E-state index contributed by atoms with van der Waals surface area (Å²) in [5.41, 5.74) is 2.30. The summed E-state index contributed by atoms with van der Waals surface area (Å²) < 4.78 is 41.6. The number of fused-ring (bicyclic) bond motifs is 1. The van der Waals surface area contributed by atoms with E-state index in [1.807, 2.05) is 0 Å². The van der Waals surface area contributed by atoms with Gasteiger partial charge < -0.3 is 9.64 Å². The summed E-state index contributed by atoms with van der Waals surface area (Å²) in [7, 11) is 0. The number of alkyl halides is 3. The third-order valence-electron chi connectivity index (χ3n) is 4.39. The summed E-state index contributed by atoms with van der Waals surface area (Å²) in [5.74, 6) is -0.343. The molecule has 0 saturated heterocycles. The molecule has 1 amide bonds. The van der Waals surface area contributed by atoms with Gasteiger partial charge in [-0.2, -0.15) is 13.2 Å². The van der Waals surface area contributed by atoms with Crippen LogP contribution in [0.5, 0.6) is 5.88 Å². The summed E-state index contributed by atoms with van der Waals surface area (Å²) >= 11 is 0. The first kappa shape index (κ1) is 18.8. The van der Waals surface area contributed by atoms with Gasteiger partial charge in [-0.3, -0.25) is 14.6 Å². The van der Waals surface area contributed by atoms with Crippen LogP contribution in [-0.2, 0) is 6.54 Å². The van der Waals surface area contributed by atoms with Gasteiger partial charge in [-0.05, 0) is 31.5 Å². The number of hydrogen-bond donors (Lipinski definition) is 0. The Morgan fingerprint density at radius 1 is 1.37 bits per heavy atom. The van der Waals surface area contributed by atoms with Crippen LogP contribution in [0.25, 0.3) is 0 Å². The molecule has 1 atom stereocenters. The number of nitrogens with zero attached hydrogens (tertiary/aromatic N) is 3. The van der Waals surface area contributed by atoms with Crippen molar-refractivity contribution in [1.82, 2.24) is 14.9 Å². The molecule has 0 spiro atoms.